The highest BCUT2D eigenvalue weighted by atomic mass is 16.1. The van der Waals surface area contributed by atoms with Gasteiger partial charge in [-0.3, -0.25) is 14.8 Å². The van der Waals surface area contributed by atoms with E-state index in [4.69, 9.17) is 17.9 Å². The van der Waals surface area contributed by atoms with Crippen LogP contribution < -0.4 is 16.8 Å². The van der Waals surface area contributed by atoms with E-state index in [2.05, 4.69) is 31.4 Å². The van der Waals surface area contributed by atoms with Gasteiger partial charge in [0.1, 0.15) is 11.4 Å². The zero-order chi connectivity index (χ0) is 20.6. The molecule has 0 saturated heterocycles. The number of anilines is 1. The molecular formula is C21H17N7O. The molecular weight excluding hydrogens is 366 g/mol. The summed E-state index contributed by atoms with van der Waals surface area (Å²) in [4.78, 5) is 20.5. The first kappa shape index (κ1) is 19.3. The number of aromatic nitrogens is 2. The van der Waals surface area contributed by atoms with Crippen LogP contribution in [0.1, 0.15) is 27.3 Å². The van der Waals surface area contributed by atoms with Gasteiger partial charge in [0.05, 0.1) is 11.9 Å². The zero-order valence-corrected chi connectivity index (χ0v) is 15.3. The van der Waals surface area contributed by atoms with E-state index in [1.54, 1.807) is 60.8 Å². The topological polar surface area (TPSA) is 132 Å². The zero-order valence-electron chi connectivity index (χ0n) is 15.3. The van der Waals surface area contributed by atoms with Crippen molar-refractivity contribution in [3.05, 3.63) is 89.5 Å². The molecule has 0 aliphatic heterocycles. The lowest BCUT2D eigenvalue weighted by Crippen LogP contribution is -2.18. The average molecular weight is 383 g/mol. The summed E-state index contributed by atoms with van der Waals surface area (Å²) in [6.45, 7) is 0. The Morgan fingerprint density at radius 3 is 2.17 bits per heavy atom. The smallest absolute Gasteiger partial charge is 0.255 e. The first-order chi connectivity index (χ1) is 14.1. The van der Waals surface area contributed by atoms with E-state index in [1.807, 2.05) is 0 Å². The summed E-state index contributed by atoms with van der Waals surface area (Å²) in [7, 11) is 0. The van der Waals surface area contributed by atoms with E-state index >= 15 is 0 Å². The summed E-state index contributed by atoms with van der Waals surface area (Å²) in [5.74, 6) is 2.43. The number of carbonyl (C=O) groups is 1. The number of hydrogen-bond donors (Lipinski definition) is 3. The summed E-state index contributed by atoms with van der Waals surface area (Å²) in [5.41, 5.74) is 14.3. The normalized spacial score (nSPS) is 11.6. The molecule has 0 bridgehead atoms. The molecule has 0 saturated carbocycles. The van der Waals surface area contributed by atoms with Gasteiger partial charge < -0.3 is 16.8 Å². The van der Waals surface area contributed by atoms with E-state index < -0.39 is 0 Å². The molecule has 29 heavy (non-hydrogen) atoms. The summed E-state index contributed by atoms with van der Waals surface area (Å²) < 4.78 is 0. The number of nitrogens with zero attached hydrogens (tertiary/aromatic N) is 4. The van der Waals surface area contributed by atoms with Gasteiger partial charge in [-0.25, -0.2) is 0 Å². The highest BCUT2D eigenvalue weighted by Gasteiger charge is 2.07. The Hall–Kier alpha value is -4.51. The molecule has 0 atom stereocenters. The molecule has 0 spiro atoms. The molecule has 8 nitrogen and oxygen atoms in total. The monoisotopic (exact) mass is 383 g/mol. The van der Waals surface area contributed by atoms with Crippen molar-refractivity contribution in [2.75, 3.05) is 5.32 Å². The van der Waals surface area contributed by atoms with Crippen LogP contribution in [0.15, 0.2) is 77.2 Å². The number of nitrogens with two attached hydrogens (primary N) is 2. The standard InChI is InChI=1S/C21H17N7O/c1-2-14-6-8-15(9-7-14)21(29)26-16-10-11-18(25-13-16)20(23)28-27-19(22)17-5-3-4-12-24-17/h1,3-13H,(H2,22,27)(H2,23,28)(H,26,29). The maximum Gasteiger partial charge on any atom is 0.255 e. The largest absolute Gasteiger partial charge is 0.380 e. The molecule has 2 heterocycles. The predicted molar refractivity (Wildman–Crippen MR) is 112 cm³/mol. The molecule has 3 rings (SSSR count). The Bertz CT molecular complexity index is 1100. The van der Waals surface area contributed by atoms with Crippen molar-refractivity contribution >= 4 is 23.3 Å². The number of benzene rings is 1. The van der Waals surface area contributed by atoms with Gasteiger partial charge in [-0.2, -0.15) is 0 Å². The van der Waals surface area contributed by atoms with Crippen molar-refractivity contribution in [2.45, 2.75) is 0 Å². The minimum absolute atomic E-state index is 0.0756. The van der Waals surface area contributed by atoms with Gasteiger partial charge in [0.2, 0.25) is 0 Å². The third kappa shape index (κ3) is 5.02. The quantitative estimate of drug-likeness (QED) is 0.267. The molecule has 8 heteroatoms. The van der Waals surface area contributed by atoms with Crippen molar-refractivity contribution in [2.24, 2.45) is 21.7 Å². The predicted octanol–water partition coefficient (Wildman–Crippen LogP) is 1.74. The molecule has 5 N–H and O–H groups in total. The van der Waals surface area contributed by atoms with Crippen molar-refractivity contribution in [1.82, 2.24) is 9.97 Å². The van der Waals surface area contributed by atoms with Crippen LogP contribution in [-0.2, 0) is 0 Å². The average Bonchev–Trinajstić information content (AvgIpc) is 2.78. The number of amides is 1. The maximum atomic E-state index is 12.3. The van der Waals surface area contributed by atoms with E-state index in [0.29, 0.717) is 28.2 Å². The lowest BCUT2D eigenvalue weighted by atomic mass is 10.1. The van der Waals surface area contributed by atoms with Gasteiger partial charge in [-0.1, -0.05) is 12.0 Å². The Morgan fingerprint density at radius 1 is 0.931 bits per heavy atom. The van der Waals surface area contributed by atoms with Crippen LogP contribution in [-0.4, -0.2) is 27.5 Å². The van der Waals surface area contributed by atoms with Crippen LogP contribution >= 0.6 is 0 Å². The van der Waals surface area contributed by atoms with Crippen LogP contribution in [0.5, 0.6) is 0 Å². The maximum absolute atomic E-state index is 12.3. The molecule has 2 aromatic heterocycles. The first-order valence-electron chi connectivity index (χ1n) is 8.49. The number of carbonyl (C=O) groups excluding carboxylic acids is 1. The summed E-state index contributed by atoms with van der Waals surface area (Å²) in [5, 5.41) is 10.5. The molecule has 0 radical (unpaired) electrons. The highest BCUT2D eigenvalue weighted by Crippen LogP contribution is 2.10. The molecule has 0 aliphatic carbocycles. The molecule has 3 aromatic rings. The van der Waals surface area contributed by atoms with Gasteiger partial charge in [-0.15, -0.1) is 16.6 Å². The minimum atomic E-state index is -0.280. The Balaban J connectivity index is 1.67. The fourth-order valence-corrected chi connectivity index (χ4v) is 2.26. The lowest BCUT2D eigenvalue weighted by molar-refractivity contribution is 0.102. The molecule has 0 unspecified atom stereocenters. The lowest BCUT2D eigenvalue weighted by Gasteiger charge is -2.06. The summed E-state index contributed by atoms with van der Waals surface area (Å²) in [6.07, 6.45) is 8.38. The van der Waals surface area contributed by atoms with E-state index in [0.717, 1.165) is 0 Å². The number of amidine groups is 2. The van der Waals surface area contributed by atoms with Crippen molar-refractivity contribution < 1.29 is 4.79 Å². The Morgan fingerprint density at radius 2 is 1.62 bits per heavy atom. The Labute approximate surface area is 167 Å². The third-order valence-corrected chi connectivity index (χ3v) is 3.79. The first-order valence-corrected chi connectivity index (χ1v) is 8.49. The second-order valence-corrected chi connectivity index (χ2v) is 5.79. The fraction of sp³-hybridized carbons (Fsp3) is 0. The number of nitrogens with one attached hydrogen (secondary N) is 1. The number of pyridine rings is 2. The van der Waals surface area contributed by atoms with Crippen LogP contribution in [0.2, 0.25) is 0 Å². The van der Waals surface area contributed by atoms with Gasteiger partial charge in [-0.05, 0) is 48.5 Å². The van der Waals surface area contributed by atoms with Crippen LogP contribution in [0.3, 0.4) is 0 Å². The van der Waals surface area contributed by atoms with Gasteiger partial charge in [0, 0.05) is 17.3 Å². The third-order valence-electron chi connectivity index (χ3n) is 3.79. The van der Waals surface area contributed by atoms with Crippen LogP contribution in [0, 0.1) is 12.3 Å². The number of rotatable bonds is 5. The van der Waals surface area contributed by atoms with E-state index in [9.17, 15) is 4.79 Å². The van der Waals surface area contributed by atoms with E-state index in [1.165, 1.54) is 6.20 Å². The van der Waals surface area contributed by atoms with E-state index in [-0.39, 0.29) is 17.6 Å². The Kier molecular flexibility index (Phi) is 5.93. The van der Waals surface area contributed by atoms with Crippen molar-refractivity contribution in [3.63, 3.8) is 0 Å². The highest BCUT2D eigenvalue weighted by molar-refractivity contribution is 6.04. The van der Waals surface area contributed by atoms with Crippen molar-refractivity contribution in [3.8, 4) is 12.3 Å². The van der Waals surface area contributed by atoms with Crippen LogP contribution in [0.4, 0.5) is 5.69 Å². The molecule has 1 amide bonds. The summed E-state index contributed by atoms with van der Waals surface area (Å²) in [6, 6.07) is 15.2. The molecule has 142 valence electrons. The number of terminal acetylenes is 1. The molecule has 0 fully saturated rings. The summed E-state index contributed by atoms with van der Waals surface area (Å²) >= 11 is 0. The fourth-order valence-electron chi connectivity index (χ4n) is 2.26. The second-order valence-electron chi connectivity index (χ2n) is 5.79. The van der Waals surface area contributed by atoms with Gasteiger partial charge >= 0.3 is 0 Å². The molecule has 1 aromatic carbocycles. The minimum Gasteiger partial charge on any atom is -0.380 e. The van der Waals surface area contributed by atoms with Crippen LogP contribution in [0.25, 0.3) is 0 Å². The van der Waals surface area contributed by atoms with Gasteiger partial charge in [0.15, 0.2) is 11.7 Å². The van der Waals surface area contributed by atoms with Gasteiger partial charge in [0.25, 0.3) is 5.91 Å². The SMILES string of the molecule is C#Cc1ccc(C(=O)Nc2ccc(/C(N)=N/N=C(\N)c3ccccn3)nc2)cc1. The second kappa shape index (κ2) is 8.92. The van der Waals surface area contributed by atoms with Crippen molar-refractivity contribution in [1.29, 1.82) is 0 Å². The molecule has 0 aliphatic rings. The number of hydrogen-bond acceptors (Lipinski definition) is 5.